The first-order valence-corrected chi connectivity index (χ1v) is 15.3. The van der Waals surface area contributed by atoms with Crippen LogP contribution >= 0.6 is 11.6 Å². The number of aryl methyl sites for hydroxylation is 2. The minimum atomic E-state index is -4.10. The SMILES string of the molecule is CC[C@H](C(=O)N[C@@H](C)CC)N(Cc1ccc(Cl)cc1)C(=O)CN(c1ccc(C)cc1)S(=O)(=O)c1ccc(C)cc1. The van der Waals surface area contributed by atoms with E-state index in [-0.39, 0.29) is 23.4 Å². The third-order valence-corrected chi connectivity index (χ3v) is 8.90. The van der Waals surface area contributed by atoms with Crippen LogP contribution in [0.5, 0.6) is 0 Å². The molecule has 0 bridgehead atoms. The summed E-state index contributed by atoms with van der Waals surface area (Å²) in [5, 5.41) is 3.53. The van der Waals surface area contributed by atoms with Gasteiger partial charge in [0, 0.05) is 17.6 Å². The Labute approximate surface area is 243 Å². The third-order valence-electron chi connectivity index (χ3n) is 6.86. The summed E-state index contributed by atoms with van der Waals surface area (Å²) in [6, 6.07) is 19.7. The highest BCUT2D eigenvalue weighted by atomic mass is 35.5. The van der Waals surface area contributed by atoms with E-state index >= 15 is 0 Å². The van der Waals surface area contributed by atoms with Gasteiger partial charge in [0.05, 0.1) is 10.6 Å². The first-order valence-electron chi connectivity index (χ1n) is 13.5. The zero-order valence-corrected chi connectivity index (χ0v) is 25.3. The van der Waals surface area contributed by atoms with Crippen LogP contribution in [0.15, 0.2) is 77.7 Å². The van der Waals surface area contributed by atoms with Gasteiger partial charge in [-0.25, -0.2) is 8.42 Å². The van der Waals surface area contributed by atoms with Crippen molar-refractivity contribution < 1.29 is 18.0 Å². The van der Waals surface area contributed by atoms with Crippen molar-refractivity contribution in [2.45, 2.75) is 71.0 Å². The van der Waals surface area contributed by atoms with Gasteiger partial charge in [-0.15, -0.1) is 0 Å². The summed E-state index contributed by atoms with van der Waals surface area (Å²) >= 11 is 6.07. The summed E-state index contributed by atoms with van der Waals surface area (Å²) < 4.78 is 28.9. The van der Waals surface area contributed by atoms with Gasteiger partial charge < -0.3 is 10.2 Å². The summed E-state index contributed by atoms with van der Waals surface area (Å²) in [6.07, 6.45) is 1.10. The fourth-order valence-corrected chi connectivity index (χ4v) is 5.76. The van der Waals surface area contributed by atoms with Crippen molar-refractivity contribution in [3.05, 3.63) is 94.5 Å². The van der Waals surface area contributed by atoms with Crippen molar-refractivity contribution in [2.75, 3.05) is 10.8 Å². The molecular weight excluding hydrogens is 546 g/mol. The molecule has 7 nitrogen and oxygen atoms in total. The zero-order chi connectivity index (χ0) is 29.4. The minimum absolute atomic E-state index is 0.0694. The first kappa shape index (κ1) is 31.2. The van der Waals surface area contributed by atoms with Crippen LogP contribution in [0.1, 0.15) is 50.3 Å². The molecule has 0 saturated heterocycles. The maximum atomic E-state index is 14.1. The average Bonchev–Trinajstić information content (AvgIpc) is 2.93. The quantitative estimate of drug-likeness (QED) is 0.289. The van der Waals surface area contributed by atoms with Crippen LogP contribution in [0.2, 0.25) is 5.02 Å². The maximum absolute atomic E-state index is 14.1. The van der Waals surface area contributed by atoms with Crippen molar-refractivity contribution in [3.8, 4) is 0 Å². The fraction of sp³-hybridized carbons (Fsp3) is 0.355. The second kappa shape index (κ2) is 13.8. The number of hydrogen-bond donors (Lipinski definition) is 1. The first-order chi connectivity index (χ1) is 19.0. The van der Waals surface area contributed by atoms with Crippen LogP contribution in [-0.4, -0.2) is 43.8 Å². The summed E-state index contributed by atoms with van der Waals surface area (Å²) in [5.74, 6) is -0.764. The van der Waals surface area contributed by atoms with E-state index in [1.165, 1.54) is 17.0 Å². The number of anilines is 1. The molecule has 0 heterocycles. The van der Waals surface area contributed by atoms with Crippen molar-refractivity contribution >= 4 is 39.1 Å². The Kier molecular flexibility index (Phi) is 10.8. The molecule has 0 radical (unpaired) electrons. The van der Waals surface area contributed by atoms with Crippen molar-refractivity contribution in [1.29, 1.82) is 0 Å². The molecule has 2 atom stereocenters. The molecule has 0 aliphatic rings. The molecule has 9 heteroatoms. The molecule has 40 heavy (non-hydrogen) atoms. The Morgan fingerprint density at radius 3 is 1.93 bits per heavy atom. The van der Waals surface area contributed by atoms with Crippen LogP contribution < -0.4 is 9.62 Å². The molecule has 214 valence electrons. The highest BCUT2D eigenvalue weighted by Gasteiger charge is 2.34. The van der Waals surface area contributed by atoms with E-state index in [0.29, 0.717) is 17.1 Å². The van der Waals surface area contributed by atoms with Crippen LogP contribution in [-0.2, 0) is 26.2 Å². The normalized spacial score (nSPS) is 12.8. The predicted molar refractivity (Wildman–Crippen MR) is 161 cm³/mol. The molecule has 3 rings (SSSR count). The second-order valence-electron chi connectivity index (χ2n) is 10.1. The smallest absolute Gasteiger partial charge is 0.264 e. The summed E-state index contributed by atoms with van der Waals surface area (Å²) in [7, 11) is -4.10. The Morgan fingerprint density at radius 1 is 0.850 bits per heavy atom. The van der Waals surface area contributed by atoms with Gasteiger partial charge in [-0.2, -0.15) is 0 Å². The van der Waals surface area contributed by atoms with E-state index < -0.39 is 28.5 Å². The number of carbonyl (C=O) groups excluding carboxylic acids is 2. The van der Waals surface area contributed by atoms with E-state index in [9.17, 15) is 18.0 Å². The van der Waals surface area contributed by atoms with E-state index in [4.69, 9.17) is 11.6 Å². The van der Waals surface area contributed by atoms with Gasteiger partial charge in [-0.3, -0.25) is 13.9 Å². The van der Waals surface area contributed by atoms with Gasteiger partial charge in [0.2, 0.25) is 11.8 Å². The molecular formula is C31H38ClN3O4S. The molecule has 0 fully saturated rings. The molecule has 1 N–H and O–H groups in total. The van der Waals surface area contributed by atoms with Gasteiger partial charge in [0.1, 0.15) is 12.6 Å². The molecule has 0 unspecified atom stereocenters. The number of halogens is 1. The van der Waals surface area contributed by atoms with Crippen molar-refractivity contribution in [3.63, 3.8) is 0 Å². The highest BCUT2D eigenvalue weighted by molar-refractivity contribution is 7.92. The van der Waals surface area contributed by atoms with Gasteiger partial charge >= 0.3 is 0 Å². The van der Waals surface area contributed by atoms with Crippen LogP contribution in [0.3, 0.4) is 0 Å². The molecule has 0 saturated carbocycles. The number of hydrogen-bond acceptors (Lipinski definition) is 4. The lowest BCUT2D eigenvalue weighted by molar-refractivity contribution is -0.140. The van der Waals surface area contributed by atoms with Gasteiger partial charge in [-0.05, 0) is 75.6 Å². The molecule has 3 aromatic rings. The standard InChI is InChI=1S/C31H38ClN3O4S/c1-6-24(5)33-31(37)29(7-2)34(20-25-12-14-26(32)15-13-25)30(36)21-35(27-16-8-22(3)9-17-27)40(38,39)28-18-10-23(4)11-19-28/h8-19,24,29H,6-7,20-21H2,1-5H3,(H,33,37)/t24-,29+/m0/s1. The van der Waals surface area contributed by atoms with Gasteiger partial charge in [0.15, 0.2) is 0 Å². The summed E-state index contributed by atoms with van der Waals surface area (Å²) in [4.78, 5) is 28.9. The molecule has 0 spiro atoms. The Hall–Kier alpha value is -3.36. The number of amides is 2. The van der Waals surface area contributed by atoms with Crippen molar-refractivity contribution in [1.82, 2.24) is 10.2 Å². The Balaban J connectivity index is 2.04. The number of sulfonamides is 1. The minimum Gasteiger partial charge on any atom is -0.352 e. The molecule has 0 aromatic heterocycles. The number of nitrogens with one attached hydrogen (secondary N) is 1. The average molecular weight is 584 g/mol. The highest BCUT2D eigenvalue weighted by Crippen LogP contribution is 2.26. The Morgan fingerprint density at radius 2 is 1.40 bits per heavy atom. The monoisotopic (exact) mass is 583 g/mol. The molecule has 2 amide bonds. The van der Waals surface area contributed by atoms with E-state index in [0.717, 1.165) is 27.4 Å². The summed E-state index contributed by atoms with van der Waals surface area (Å²) in [5.41, 5.74) is 3.02. The van der Waals surface area contributed by atoms with Crippen LogP contribution in [0, 0.1) is 13.8 Å². The van der Waals surface area contributed by atoms with Gasteiger partial charge in [0.25, 0.3) is 10.0 Å². The zero-order valence-electron chi connectivity index (χ0n) is 23.7. The lowest BCUT2D eigenvalue weighted by Gasteiger charge is -2.33. The van der Waals surface area contributed by atoms with E-state index in [2.05, 4.69) is 5.32 Å². The topological polar surface area (TPSA) is 86.8 Å². The lowest BCUT2D eigenvalue weighted by Crippen LogP contribution is -2.53. The third kappa shape index (κ3) is 7.86. The molecule has 3 aromatic carbocycles. The number of rotatable bonds is 12. The van der Waals surface area contributed by atoms with Crippen LogP contribution in [0.25, 0.3) is 0 Å². The number of nitrogens with zero attached hydrogens (tertiary/aromatic N) is 2. The Bertz CT molecular complexity index is 1390. The van der Waals surface area contributed by atoms with E-state index in [1.54, 1.807) is 60.7 Å². The van der Waals surface area contributed by atoms with Gasteiger partial charge in [-0.1, -0.05) is 73.0 Å². The predicted octanol–water partition coefficient (Wildman–Crippen LogP) is 5.87. The largest absolute Gasteiger partial charge is 0.352 e. The molecule has 0 aliphatic heterocycles. The number of carbonyl (C=O) groups is 2. The molecule has 0 aliphatic carbocycles. The maximum Gasteiger partial charge on any atom is 0.264 e. The van der Waals surface area contributed by atoms with Crippen molar-refractivity contribution in [2.24, 2.45) is 0 Å². The fourth-order valence-electron chi connectivity index (χ4n) is 4.22. The van der Waals surface area contributed by atoms with E-state index in [1.807, 2.05) is 34.6 Å². The summed E-state index contributed by atoms with van der Waals surface area (Å²) in [6.45, 7) is 9.14. The number of benzene rings is 3. The van der Waals surface area contributed by atoms with Crippen LogP contribution in [0.4, 0.5) is 5.69 Å². The lowest BCUT2D eigenvalue weighted by atomic mass is 10.1. The second-order valence-corrected chi connectivity index (χ2v) is 12.3.